The number of nitrogens with one attached hydrogen (secondary N) is 1. The van der Waals surface area contributed by atoms with E-state index in [9.17, 15) is 4.79 Å². The van der Waals surface area contributed by atoms with Crippen LogP contribution in [0.25, 0.3) is 0 Å². The summed E-state index contributed by atoms with van der Waals surface area (Å²) >= 11 is 0. The van der Waals surface area contributed by atoms with Crippen molar-refractivity contribution in [2.45, 2.75) is 33.7 Å². The molecule has 2 rings (SSSR count). The largest absolute Gasteiger partial charge is 0.454 e. The lowest BCUT2D eigenvalue weighted by molar-refractivity contribution is 0.0909. The molecule has 0 unspecified atom stereocenters. The molecule has 1 aliphatic rings. The smallest absolute Gasteiger partial charge is 0.251 e. The van der Waals surface area contributed by atoms with Crippen molar-refractivity contribution in [3.05, 3.63) is 23.8 Å². The van der Waals surface area contributed by atoms with Crippen molar-refractivity contribution >= 4 is 5.91 Å². The second-order valence-electron chi connectivity index (χ2n) is 5.63. The first-order chi connectivity index (χ1) is 8.38. The number of amides is 1. The van der Waals surface area contributed by atoms with Crippen LogP contribution in [0, 0.1) is 5.41 Å². The molecule has 1 aromatic carbocycles. The number of ether oxygens (including phenoxy) is 2. The van der Waals surface area contributed by atoms with Crippen LogP contribution in [-0.4, -0.2) is 18.7 Å². The molecule has 98 valence electrons. The topological polar surface area (TPSA) is 47.6 Å². The van der Waals surface area contributed by atoms with Gasteiger partial charge in [0.1, 0.15) is 0 Å². The molecule has 1 N–H and O–H groups in total. The van der Waals surface area contributed by atoms with Gasteiger partial charge in [-0.2, -0.15) is 0 Å². The van der Waals surface area contributed by atoms with E-state index in [2.05, 4.69) is 26.1 Å². The number of hydrogen-bond acceptors (Lipinski definition) is 3. The molecule has 0 aromatic heterocycles. The molecule has 1 heterocycles. The maximum Gasteiger partial charge on any atom is 0.251 e. The third-order valence-electron chi connectivity index (χ3n) is 3.28. The first-order valence-electron chi connectivity index (χ1n) is 6.08. The zero-order chi connectivity index (χ0) is 13.3. The maximum atomic E-state index is 12.1. The first kappa shape index (κ1) is 12.7. The molecular formula is C14H19NO3. The molecule has 1 aromatic rings. The van der Waals surface area contributed by atoms with Gasteiger partial charge >= 0.3 is 0 Å². The number of rotatable bonds is 2. The summed E-state index contributed by atoms with van der Waals surface area (Å²) in [6, 6.07) is 5.32. The predicted molar refractivity (Wildman–Crippen MR) is 68.9 cm³/mol. The van der Waals surface area contributed by atoms with E-state index in [4.69, 9.17) is 9.47 Å². The van der Waals surface area contributed by atoms with Crippen LogP contribution in [-0.2, 0) is 0 Å². The Morgan fingerprint density at radius 1 is 1.28 bits per heavy atom. The molecule has 0 fully saturated rings. The van der Waals surface area contributed by atoms with E-state index in [0.717, 1.165) is 0 Å². The Morgan fingerprint density at radius 2 is 1.94 bits per heavy atom. The van der Waals surface area contributed by atoms with Crippen molar-refractivity contribution < 1.29 is 14.3 Å². The molecule has 0 radical (unpaired) electrons. The minimum absolute atomic E-state index is 0.0337. The quantitative estimate of drug-likeness (QED) is 0.876. The third-order valence-corrected chi connectivity index (χ3v) is 3.28. The van der Waals surface area contributed by atoms with Gasteiger partial charge in [-0.3, -0.25) is 4.79 Å². The van der Waals surface area contributed by atoms with Gasteiger partial charge in [-0.25, -0.2) is 0 Å². The van der Waals surface area contributed by atoms with E-state index in [1.807, 2.05) is 6.92 Å². The highest BCUT2D eigenvalue weighted by molar-refractivity contribution is 5.95. The summed E-state index contributed by atoms with van der Waals surface area (Å²) in [6.07, 6.45) is 0. The average molecular weight is 249 g/mol. The van der Waals surface area contributed by atoms with E-state index < -0.39 is 0 Å². The lowest BCUT2D eigenvalue weighted by Crippen LogP contribution is -2.41. The summed E-state index contributed by atoms with van der Waals surface area (Å²) in [5.41, 5.74) is 0.627. The van der Waals surface area contributed by atoms with Crippen molar-refractivity contribution in [3.8, 4) is 11.5 Å². The SMILES string of the molecule is C[C@H](NC(=O)c1ccc2c(c1)OCO2)C(C)(C)C. The lowest BCUT2D eigenvalue weighted by Gasteiger charge is -2.28. The highest BCUT2D eigenvalue weighted by Gasteiger charge is 2.23. The summed E-state index contributed by atoms with van der Waals surface area (Å²) in [5, 5.41) is 2.99. The zero-order valence-electron chi connectivity index (χ0n) is 11.2. The van der Waals surface area contributed by atoms with E-state index in [1.165, 1.54) is 0 Å². The molecule has 18 heavy (non-hydrogen) atoms. The third kappa shape index (κ3) is 2.58. The number of fused-ring (bicyclic) bond motifs is 1. The summed E-state index contributed by atoms with van der Waals surface area (Å²) in [5.74, 6) is 1.23. The highest BCUT2D eigenvalue weighted by atomic mass is 16.7. The molecular weight excluding hydrogens is 230 g/mol. The second kappa shape index (κ2) is 4.52. The number of carbonyl (C=O) groups excluding carboxylic acids is 1. The maximum absolute atomic E-state index is 12.1. The summed E-state index contributed by atoms with van der Waals surface area (Å²) in [6.45, 7) is 8.51. The monoisotopic (exact) mass is 249 g/mol. The van der Waals surface area contributed by atoms with Gasteiger partial charge in [-0.1, -0.05) is 20.8 Å². The molecule has 0 bridgehead atoms. The molecule has 1 atom stereocenters. The van der Waals surface area contributed by atoms with Gasteiger partial charge in [0.05, 0.1) is 0 Å². The normalized spacial score (nSPS) is 15.3. The van der Waals surface area contributed by atoms with E-state index in [-0.39, 0.29) is 24.2 Å². The fourth-order valence-electron chi connectivity index (χ4n) is 1.53. The molecule has 1 aliphatic heterocycles. The minimum atomic E-state index is -0.0873. The van der Waals surface area contributed by atoms with Crippen LogP contribution in [0.15, 0.2) is 18.2 Å². The Morgan fingerprint density at radius 3 is 2.61 bits per heavy atom. The van der Waals surface area contributed by atoms with Crippen molar-refractivity contribution in [1.82, 2.24) is 5.32 Å². The van der Waals surface area contributed by atoms with Gasteiger partial charge in [0.2, 0.25) is 6.79 Å². The summed E-state index contributed by atoms with van der Waals surface area (Å²) < 4.78 is 10.5. The van der Waals surface area contributed by atoms with E-state index >= 15 is 0 Å². The Balaban J connectivity index is 2.10. The number of benzene rings is 1. The van der Waals surface area contributed by atoms with E-state index in [0.29, 0.717) is 17.1 Å². The van der Waals surface area contributed by atoms with Gasteiger partial charge in [-0.05, 0) is 30.5 Å². The Bertz CT molecular complexity index is 463. The van der Waals surface area contributed by atoms with Crippen molar-refractivity contribution in [1.29, 1.82) is 0 Å². The van der Waals surface area contributed by atoms with Gasteiger partial charge in [0.25, 0.3) is 5.91 Å². The van der Waals surface area contributed by atoms with Crippen LogP contribution in [0.4, 0.5) is 0 Å². The van der Waals surface area contributed by atoms with Crippen LogP contribution in [0.3, 0.4) is 0 Å². The summed E-state index contributed by atoms with van der Waals surface area (Å²) in [4.78, 5) is 12.1. The number of carbonyl (C=O) groups is 1. The van der Waals surface area contributed by atoms with Crippen LogP contribution < -0.4 is 14.8 Å². The molecule has 0 saturated carbocycles. The van der Waals surface area contributed by atoms with E-state index in [1.54, 1.807) is 18.2 Å². The van der Waals surface area contributed by atoms with Crippen molar-refractivity contribution in [3.63, 3.8) is 0 Å². The fraction of sp³-hybridized carbons (Fsp3) is 0.500. The first-order valence-corrected chi connectivity index (χ1v) is 6.08. The standard InChI is InChI=1S/C14H19NO3/c1-9(14(2,3)4)15-13(16)10-5-6-11-12(7-10)18-8-17-11/h5-7,9H,8H2,1-4H3,(H,15,16)/t9-/m0/s1. The van der Waals surface area contributed by atoms with Crippen molar-refractivity contribution in [2.75, 3.05) is 6.79 Å². The highest BCUT2D eigenvalue weighted by Crippen LogP contribution is 2.32. The average Bonchev–Trinajstić information content (AvgIpc) is 2.74. The Hall–Kier alpha value is -1.71. The fourth-order valence-corrected chi connectivity index (χ4v) is 1.53. The second-order valence-corrected chi connectivity index (χ2v) is 5.63. The number of hydrogen-bond donors (Lipinski definition) is 1. The van der Waals surface area contributed by atoms with Gasteiger partial charge in [-0.15, -0.1) is 0 Å². The minimum Gasteiger partial charge on any atom is -0.454 e. The lowest BCUT2D eigenvalue weighted by atomic mass is 9.88. The van der Waals surface area contributed by atoms with Gasteiger partial charge in [0.15, 0.2) is 11.5 Å². The molecule has 4 heteroatoms. The van der Waals surface area contributed by atoms with Crippen LogP contribution in [0.1, 0.15) is 38.1 Å². The Labute approximate surface area is 107 Å². The van der Waals surface area contributed by atoms with Gasteiger partial charge < -0.3 is 14.8 Å². The van der Waals surface area contributed by atoms with Crippen molar-refractivity contribution in [2.24, 2.45) is 5.41 Å². The predicted octanol–water partition coefficient (Wildman–Crippen LogP) is 2.58. The van der Waals surface area contributed by atoms with Crippen LogP contribution in [0.2, 0.25) is 0 Å². The molecule has 4 nitrogen and oxygen atoms in total. The van der Waals surface area contributed by atoms with Gasteiger partial charge in [0, 0.05) is 11.6 Å². The zero-order valence-corrected chi connectivity index (χ0v) is 11.2. The molecule has 0 saturated heterocycles. The molecule has 0 aliphatic carbocycles. The summed E-state index contributed by atoms with van der Waals surface area (Å²) in [7, 11) is 0. The molecule has 1 amide bonds. The van der Waals surface area contributed by atoms with Crippen LogP contribution in [0.5, 0.6) is 11.5 Å². The Kier molecular flexibility index (Phi) is 3.20. The van der Waals surface area contributed by atoms with Crippen LogP contribution >= 0.6 is 0 Å². The molecule has 0 spiro atoms.